The molecular formula is C36H39BrClN3O4S. The molecule has 1 atom stereocenters. The van der Waals surface area contributed by atoms with Crippen molar-refractivity contribution in [3.8, 4) is 0 Å². The molecule has 0 radical (unpaired) electrons. The third-order valence-electron chi connectivity index (χ3n) is 7.55. The molecule has 0 heterocycles. The summed E-state index contributed by atoms with van der Waals surface area (Å²) < 4.78 is 30.3. The first-order chi connectivity index (χ1) is 21.8. The fraction of sp³-hybridized carbons (Fsp3) is 0.278. The minimum absolute atomic E-state index is 0.0394. The molecule has 0 aliphatic heterocycles. The second kappa shape index (κ2) is 15.8. The average molecular weight is 725 g/mol. The van der Waals surface area contributed by atoms with Gasteiger partial charge in [-0.3, -0.25) is 13.9 Å². The lowest BCUT2D eigenvalue weighted by Gasteiger charge is -2.34. The number of amides is 2. The molecule has 0 fully saturated rings. The number of nitrogens with one attached hydrogen (secondary N) is 1. The van der Waals surface area contributed by atoms with Gasteiger partial charge in [0.2, 0.25) is 11.8 Å². The molecule has 2 amide bonds. The first-order valence-electron chi connectivity index (χ1n) is 15.1. The third-order valence-corrected chi connectivity index (χ3v) is 10.3. The summed E-state index contributed by atoms with van der Waals surface area (Å²) in [4.78, 5) is 29.9. The van der Waals surface area contributed by atoms with Crippen molar-refractivity contribution in [1.82, 2.24) is 10.2 Å². The molecule has 46 heavy (non-hydrogen) atoms. The van der Waals surface area contributed by atoms with E-state index in [0.717, 1.165) is 31.0 Å². The zero-order chi connectivity index (χ0) is 33.4. The van der Waals surface area contributed by atoms with Gasteiger partial charge < -0.3 is 10.2 Å². The van der Waals surface area contributed by atoms with Gasteiger partial charge >= 0.3 is 0 Å². The summed E-state index contributed by atoms with van der Waals surface area (Å²) in [5, 5.41) is 3.37. The van der Waals surface area contributed by atoms with Gasteiger partial charge in [-0.2, -0.15) is 0 Å². The van der Waals surface area contributed by atoms with Crippen molar-refractivity contribution in [3.63, 3.8) is 0 Å². The summed E-state index contributed by atoms with van der Waals surface area (Å²) in [5.74, 6) is -0.649. The molecule has 0 aromatic heterocycles. The molecule has 7 nitrogen and oxygen atoms in total. The van der Waals surface area contributed by atoms with Crippen molar-refractivity contribution >= 4 is 55.1 Å². The summed E-state index contributed by atoms with van der Waals surface area (Å²) in [6.45, 7) is 7.66. The first-order valence-corrected chi connectivity index (χ1v) is 17.7. The topological polar surface area (TPSA) is 86.8 Å². The summed E-state index contributed by atoms with van der Waals surface area (Å²) in [6.07, 6.45) is 0.244. The number of hydrogen-bond acceptors (Lipinski definition) is 4. The molecule has 242 valence electrons. The Hall–Kier alpha value is -3.66. The van der Waals surface area contributed by atoms with Crippen LogP contribution in [0.5, 0.6) is 0 Å². The van der Waals surface area contributed by atoms with Crippen LogP contribution in [-0.4, -0.2) is 44.3 Å². The Morgan fingerprint density at radius 3 is 2.13 bits per heavy atom. The molecular weight excluding hydrogens is 686 g/mol. The van der Waals surface area contributed by atoms with Crippen LogP contribution in [0.15, 0.2) is 106 Å². The van der Waals surface area contributed by atoms with Crippen LogP contribution >= 0.6 is 27.5 Å². The van der Waals surface area contributed by atoms with Crippen LogP contribution < -0.4 is 9.62 Å². The molecule has 0 spiro atoms. The summed E-state index contributed by atoms with van der Waals surface area (Å²) >= 11 is 9.92. The minimum Gasteiger partial charge on any atom is -0.354 e. The lowest BCUT2D eigenvalue weighted by molar-refractivity contribution is -0.140. The highest BCUT2D eigenvalue weighted by atomic mass is 79.9. The normalized spacial score (nSPS) is 12.1. The van der Waals surface area contributed by atoms with Gasteiger partial charge in [-0.25, -0.2) is 8.42 Å². The minimum atomic E-state index is -4.21. The lowest BCUT2D eigenvalue weighted by atomic mass is 10.0. The number of rotatable bonds is 13. The monoisotopic (exact) mass is 723 g/mol. The van der Waals surface area contributed by atoms with Gasteiger partial charge in [0.15, 0.2) is 0 Å². The van der Waals surface area contributed by atoms with E-state index in [1.807, 2.05) is 82.3 Å². The van der Waals surface area contributed by atoms with Crippen LogP contribution in [-0.2, 0) is 32.6 Å². The number of nitrogens with zero attached hydrogens (tertiary/aromatic N) is 2. The van der Waals surface area contributed by atoms with E-state index in [9.17, 15) is 18.0 Å². The molecule has 4 rings (SSSR count). The van der Waals surface area contributed by atoms with E-state index in [1.54, 1.807) is 30.3 Å². The maximum Gasteiger partial charge on any atom is 0.264 e. The number of halogens is 2. The number of benzene rings is 4. The maximum absolute atomic E-state index is 14.6. The van der Waals surface area contributed by atoms with Crippen molar-refractivity contribution < 1.29 is 18.0 Å². The Kier molecular flexibility index (Phi) is 12.1. The second-order valence-electron chi connectivity index (χ2n) is 11.8. The van der Waals surface area contributed by atoms with E-state index in [4.69, 9.17) is 11.6 Å². The zero-order valence-electron chi connectivity index (χ0n) is 26.4. The van der Waals surface area contributed by atoms with Crippen molar-refractivity contribution in [2.45, 2.75) is 51.6 Å². The molecule has 0 saturated heterocycles. The highest BCUT2D eigenvalue weighted by Crippen LogP contribution is 2.29. The van der Waals surface area contributed by atoms with Crippen LogP contribution in [0.3, 0.4) is 0 Å². The molecule has 4 aromatic rings. The van der Waals surface area contributed by atoms with Crippen LogP contribution in [0.1, 0.15) is 36.1 Å². The van der Waals surface area contributed by atoms with Gasteiger partial charge in [-0.1, -0.05) is 108 Å². The van der Waals surface area contributed by atoms with Crippen molar-refractivity contribution in [2.24, 2.45) is 5.92 Å². The van der Waals surface area contributed by atoms with Crippen molar-refractivity contribution in [3.05, 3.63) is 129 Å². The Morgan fingerprint density at radius 1 is 0.870 bits per heavy atom. The molecule has 0 unspecified atom stereocenters. The maximum atomic E-state index is 14.6. The third kappa shape index (κ3) is 9.21. The van der Waals surface area contributed by atoms with Crippen LogP contribution in [0.4, 0.5) is 5.69 Å². The number of sulfonamides is 1. The molecule has 0 aliphatic rings. The number of carbonyl (C=O) groups excluding carboxylic acids is 2. The van der Waals surface area contributed by atoms with Crippen LogP contribution in [0, 0.1) is 19.8 Å². The van der Waals surface area contributed by atoms with E-state index in [0.29, 0.717) is 11.6 Å². The summed E-state index contributed by atoms with van der Waals surface area (Å²) in [6, 6.07) is 27.4. The van der Waals surface area contributed by atoms with Gasteiger partial charge in [0.05, 0.1) is 10.6 Å². The van der Waals surface area contributed by atoms with Gasteiger partial charge in [0, 0.05) is 29.0 Å². The van der Waals surface area contributed by atoms with Gasteiger partial charge in [0.25, 0.3) is 10.0 Å². The standard InChI is InChI=1S/C36H39BrClN3O4S/c1-25(2)22-39-36(43)34(20-28-8-6-5-7-9-28)40(23-29-13-15-30(37)16-14-29)35(42)24-41(31-17-12-27(4)33(38)21-31)46(44,45)32-18-10-26(3)11-19-32/h5-19,21,25,34H,20,22-24H2,1-4H3,(H,39,43)/t34-/m0/s1. The van der Waals surface area contributed by atoms with E-state index < -0.39 is 28.5 Å². The van der Waals surface area contributed by atoms with E-state index >= 15 is 0 Å². The van der Waals surface area contributed by atoms with Crippen LogP contribution in [0.2, 0.25) is 5.02 Å². The van der Waals surface area contributed by atoms with E-state index in [1.165, 1.54) is 17.0 Å². The molecule has 10 heteroatoms. The van der Waals surface area contributed by atoms with E-state index in [-0.39, 0.29) is 35.4 Å². The Balaban J connectivity index is 1.81. The highest BCUT2D eigenvalue weighted by molar-refractivity contribution is 9.10. The predicted molar refractivity (Wildman–Crippen MR) is 188 cm³/mol. The van der Waals surface area contributed by atoms with Crippen molar-refractivity contribution in [1.29, 1.82) is 0 Å². The largest absolute Gasteiger partial charge is 0.354 e. The highest BCUT2D eigenvalue weighted by Gasteiger charge is 2.34. The zero-order valence-corrected chi connectivity index (χ0v) is 29.6. The Morgan fingerprint density at radius 2 is 1.52 bits per heavy atom. The molecule has 1 N–H and O–H groups in total. The average Bonchev–Trinajstić information content (AvgIpc) is 3.03. The van der Waals surface area contributed by atoms with Gasteiger partial charge in [-0.05, 0) is 72.9 Å². The first kappa shape index (κ1) is 35.2. The number of anilines is 1. The molecule has 0 bridgehead atoms. The number of hydrogen-bond donors (Lipinski definition) is 1. The SMILES string of the molecule is Cc1ccc(S(=O)(=O)N(CC(=O)N(Cc2ccc(Br)cc2)[C@@H](Cc2ccccc2)C(=O)NCC(C)C)c2ccc(C)c(Cl)c2)cc1. The van der Waals surface area contributed by atoms with Gasteiger partial charge in [0.1, 0.15) is 12.6 Å². The van der Waals surface area contributed by atoms with Crippen LogP contribution in [0.25, 0.3) is 0 Å². The Labute approximate surface area is 285 Å². The smallest absolute Gasteiger partial charge is 0.264 e. The fourth-order valence-corrected chi connectivity index (χ4v) is 6.71. The Bertz CT molecular complexity index is 1750. The predicted octanol–water partition coefficient (Wildman–Crippen LogP) is 7.33. The number of carbonyl (C=O) groups is 2. The lowest BCUT2D eigenvalue weighted by Crippen LogP contribution is -2.53. The summed E-state index contributed by atoms with van der Waals surface area (Å²) in [7, 11) is -4.21. The second-order valence-corrected chi connectivity index (χ2v) is 14.9. The van der Waals surface area contributed by atoms with E-state index in [2.05, 4.69) is 21.2 Å². The molecule has 4 aromatic carbocycles. The molecule has 0 aliphatic carbocycles. The quantitative estimate of drug-likeness (QED) is 0.157. The fourth-order valence-electron chi connectivity index (χ4n) is 4.87. The summed E-state index contributed by atoms with van der Waals surface area (Å²) in [5.41, 5.74) is 3.58. The van der Waals surface area contributed by atoms with Crippen molar-refractivity contribution in [2.75, 3.05) is 17.4 Å². The number of aryl methyl sites for hydroxylation is 2. The molecule has 0 saturated carbocycles. The van der Waals surface area contributed by atoms with Gasteiger partial charge in [-0.15, -0.1) is 0 Å².